The van der Waals surface area contributed by atoms with Crippen molar-refractivity contribution < 1.29 is 31.1 Å². The predicted molar refractivity (Wildman–Crippen MR) is 190 cm³/mol. The van der Waals surface area contributed by atoms with Crippen LogP contribution in [0.25, 0.3) is 11.3 Å². The first kappa shape index (κ1) is 37.0. The van der Waals surface area contributed by atoms with E-state index in [2.05, 4.69) is 24.6 Å². The molecule has 1 atom stereocenters. The number of amides is 1. The maximum absolute atomic E-state index is 15.1. The van der Waals surface area contributed by atoms with Crippen molar-refractivity contribution in [1.29, 1.82) is 0 Å². The average molecular weight is 738 g/mol. The Bertz CT molecular complexity index is 2080. The van der Waals surface area contributed by atoms with Gasteiger partial charge in [-0.3, -0.25) is 9.78 Å². The fourth-order valence-corrected chi connectivity index (χ4v) is 7.63. The van der Waals surface area contributed by atoms with Gasteiger partial charge < -0.3 is 14.5 Å². The summed E-state index contributed by atoms with van der Waals surface area (Å²) in [5, 5.41) is 0. The number of benzene rings is 2. The van der Waals surface area contributed by atoms with Crippen LogP contribution in [-0.2, 0) is 22.7 Å². The number of carbonyl (C=O) groups is 1. The van der Waals surface area contributed by atoms with Crippen LogP contribution < -0.4 is 14.4 Å². The van der Waals surface area contributed by atoms with Crippen molar-refractivity contribution in [1.82, 2.24) is 24.8 Å². The third-order valence-corrected chi connectivity index (χ3v) is 10.8. The van der Waals surface area contributed by atoms with E-state index in [1.165, 1.54) is 29.2 Å². The summed E-state index contributed by atoms with van der Waals surface area (Å²) < 4.78 is 81.2. The number of aryl methyl sites for hydroxylation is 2. The lowest BCUT2D eigenvalue weighted by atomic mass is 9.87. The zero-order chi connectivity index (χ0) is 37.6. The van der Waals surface area contributed by atoms with E-state index in [9.17, 15) is 13.2 Å². The van der Waals surface area contributed by atoms with Crippen molar-refractivity contribution in [3.63, 3.8) is 0 Å². The standard InChI is InChI=1S/C37H42F3N7O4S/c1-22-10-7-11-23(2)30(22)32-31(37(38,39)40)33-44-35(43-32)45-52(49,50)28-15-8-12-24(16-28)34(48)47(27(21-51-33)17-36(3,4)5)20-25-18-41-19-29(42-25)46(6)26-13-9-14-26/h7-8,10-12,15-16,18-19,26-27H,9,13-14,17,20-21H2,1-6H3,(H,43,44,45)/t27-/m1/s1. The first-order valence-electron chi connectivity index (χ1n) is 17.1. The van der Waals surface area contributed by atoms with Gasteiger partial charge in [-0.2, -0.15) is 18.2 Å². The molecule has 11 nitrogen and oxygen atoms in total. The van der Waals surface area contributed by atoms with Gasteiger partial charge in [0.05, 0.1) is 41.3 Å². The van der Waals surface area contributed by atoms with Crippen LogP contribution in [0, 0.1) is 19.3 Å². The van der Waals surface area contributed by atoms with E-state index < -0.39 is 63.3 Å². The molecular formula is C37H42F3N7O4S. The first-order valence-corrected chi connectivity index (χ1v) is 18.6. The zero-order valence-corrected chi connectivity index (χ0v) is 30.8. The molecular weight excluding hydrogens is 696 g/mol. The smallest absolute Gasteiger partial charge is 0.423 e. The summed E-state index contributed by atoms with van der Waals surface area (Å²) in [4.78, 5) is 35.2. The normalized spacial score (nSPS) is 17.9. The third kappa shape index (κ3) is 7.83. The van der Waals surface area contributed by atoms with Crippen LogP contribution in [0.4, 0.5) is 24.9 Å². The second-order valence-corrected chi connectivity index (χ2v) is 16.4. The summed E-state index contributed by atoms with van der Waals surface area (Å²) in [6, 6.07) is 9.95. The highest BCUT2D eigenvalue weighted by Crippen LogP contribution is 2.44. The zero-order valence-electron chi connectivity index (χ0n) is 30.0. The van der Waals surface area contributed by atoms with Gasteiger partial charge in [-0.1, -0.05) is 45.0 Å². The summed E-state index contributed by atoms with van der Waals surface area (Å²) in [5.74, 6) is -1.40. The second-order valence-electron chi connectivity index (χ2n) is 14.7. The number of aromatic nitrogens is 4. The van der Waals surface area contributed by atoms with E-state index in [1.54, 1.807) is 44.4 Å². The number of anilines is 2. The molecule has 276 valence electrons. The fourth-order valence-electron chi connectivity index (χ4n) is 6.64. The highest BCUT2D eigenvalue weighted by molar-refractivity contribution is 7.92. The Kier molecular flexibility index (Phi) is 9.94. The number of nitrogens with zero attached hydrogens (tertiary/aromatic N) is 6. The molecule has 1 N–H and O–H groups in total. The molecule has 0 saturated heterocycles. The van der Waals surface area contributed by atoms with Crippen LogP contribution in [0.1, 0.15) is 79.2 Å². The minimum atomic E-state index is -5.01. The molecule has 1 saturated carbocycles. The lowest BCUT2D eigenvalue weighted by Crippen LogP contribution is -2.45. The number of carbonyl (C=O) groups excluding carboxylic acids is 1. The number of hydrogen-bond donors (Lipinski definition) is 1. The number of fused-ring (bicyclic) bond motifs is 4. The number of ether oxygens (including phenoxy) is 1. The van der Waals surface area contributed by atoms with Gasteiger partial charge in [-0.25, -0.2) is 23.1 Å². The minimum absolute atomic E-state index is 0.0524. The van der Waals surface area contributed by atoms with Crippen LogP contribution in [-0.4, -0.2) is 64.9 Å². The Morgan fingerprint density at radius 3 is 2.33 bits per heavy atom. The molecule has 1 fully saturated rings. The molecule has 1 aliphatic carbocycles. The molecule has 3 heterocycles. The Hall–Kier alpha value is -4.79. The maximum Gasteiger partial charge on any atom is 0.423 e. The highest BCUT2D eigenvalue weighted by Gasteiger charge is 2.42. The third-order valence-electron chi connectivity index (χ3n) is 9.44. The maximum atomic E-state index is 15.1. The van der Waals surface area contributed by atoms with Gasteiger partial charge in [0.25, 0.3) is 15.9 Å². The number of nitrogens with one attached hydrogen (secondary N) is 1. The van der Waals surface area contributed by atoms with Gasteiger partial charge in [0, 0.05) is 24.2 Å². The van der Waals surface area contributed by atoms with E-state index in [-0.39, 0.29) is 22.6 Å². The molecule has 1 amide bonds. The largest absolute Gasteiger partial charge is 0.475 e. The number of hydrogen-bond acceptors (Lipinski definition) is 9. The molecule has 0 unspecified atom stereocenters. The summed E-state index contributed by atoms with van der Waals surface area (Å²) in [6.07, 6.45) is 1.67. The van der Waals surface area contributed by atoms with E-state index in [1.807, 2.05) is 27.8 Å². The number of halogens is 3. The average Bonchev–Trinajstić information content (AvgIpc) is 3.03. The van der Waals surface area contributed by atoms with Crippen LogP contribution in [0.5, 0.6) is 5.88 Å². The van der Waals surface area contributed by atoms with Gasteiger partial charge in [0.2, 0.25) is 11.8 Å². The first-order chi connectivity index (χ1) is 24.4. The topological polar surface area (TPSA) is 131 Å². The van der Waals surface area contributed by atoms with Gasteiger partial charge in [0.15, 0.2) is 0 Å². The van der Waals surface area contributed by atoms with Gasteiger partial charge in [-0.05, 0) is 74.3 Å². The SMILES string of the molecule is Cc1cccc(C)c1-c1nc2nc(c1C(F)(F)F)OC[C@@H](CC(C)(C)C)N(Cc1cncc(N(C)C3CCC3)n1)C(=O)c1cccc(c1)S(=O)(=O)N2. The van der Waals surface area contributed by atoms with E-state index in [0.29, 0.717) is 35.1 Å². The van der Waals surface area contributed by atoms with Crippen molar-refractivity contribution in [3.8, 4) is 17.1 Å². The molecule has 52 heavy (non-hydrogen) atoms. The molecule has 4 aromatic rings. The van der Waals surface area contributed by atoms with Gasteiger partial charge in [-0.15, -0.1) is 0 Å². The Morgan fingerprint density at radius 2 is 1.69 bits per heavy atom. The summed E-state index contributed by atoms with van der Waals surface area (Å²) >= 11 is 0. The van der Waals surface area contributed by atoms with E-state index in [4.69, 9.17) is 9.72 Å². The van der Waals surface area contributed by atoms with Crippen molar-refractivity contribution in [3.05, 3.63) is 82.8 Å². The molecule has 0 spiro atoms. The Morgan fingerprint density at radius 1 is 1.00 bits per heavy atom. The van der Waals surface area contributed by atoms with Crippen LogP contribution in [0.3, 0.4) is 0 Å². The van der Waals surface area contributed by atoms with Crippen LogP contribution >= 0.6 is 0 Å². The van der Waals surface area contributed by atoms with Crippen molar-refractivity contribution in [2.75, 3.05) is 23.3 Å². The second kappa shape index (κ2) is 14.0. The molecule has 2 aromatic heterocycles. The van der Waals surface area contributed by atoms with Gasteiger partial charge >= 0.3 is 6.18 Å². The fraction of sp³-hybridized carbons (Fsp3) is 0.432. The number of sulfonamides is 1. The molecule has 2 aliphatic rings. The van der Waals surface area contributed by atoms with Crippen molar-refractivity contribution >= 4 is 27.7 Å². The molecule has 6 rings (SSSR count). The van der Waals surface area contributed by atoms with Crippen molar-refractivity contribution in [2.45, 2.75) is 90.0 Å². The molecule has 4 bridgehead atoms. The molecule has 2 aromatic carbocycles. The quantitative estimate of drug-likeness (QED) is 0.218. The number of alkyl halides is 3. The van der Waals surface area contributed by atoms with Crippen molar-refractivity contribution in [2.24, 2.45) is 5.41 Å². The Labute approximate surface area is 301 Å². The van der Waals surface area contributed by atoms with E-state index >= 15 is 13.2 Å². The molecule has 15 heteroatoms. The number of rotatable bonds is 6. The van der Waals surface area contributed by atoms with Gasteiger partial charge in [0.1, 0.15) is 18.0 Å². The highest BCUT2D eigenvalue weighted by atomic mass is 32.2. The summed E-state index contributed by atoms with van der Waals surface area (Å²) in [6.45, 7) is 8.66. The molecule has 1 aliphatic heterocycles. The monoisotopic (exact) mass is 737 g/mol. The van der Waals surface area contributed by atoms with E-state index in [0.717, 1.165) is 19.3 Å². The van der Waals surface area contributed by atoms with Crippen LogP contribution in [0.2, 0.25) is 0 Å². The summed E-state index contributed by atoms with van der Waals surface area (Å²) in [5.41, 5.74) is -0.572. The minimum Gasteiger partial charge on any atom is -0.475 e. The summed E-state index contributed by atoms with van der Waals surface area (Å²) in [7, 11) is -2.56. The molecule has 0 radical (unpaired) electrons. The Balaban J connectivity index is 1.54. The van der Waals surface area contributed by atoms with Crippen LogP contribution in [0.15, 0.2) is 59.8 Å². The predicted octanol–water partition coefficient (Wildman–Crippen LogP) is 7.20. The lowest BCUT2D eigenvalue weighted by molar-refractivity contribution is -0.139. The lowest BCUT2D eigenvalue weighted by Gasteiger charge is -2.37.